The standard InChI is InChI=1S/C7H18N4/c1-5(2)9-7(11-8)10-6(3)4/h5-6H,8H2,1-4H3,(H2,9,10,11). The molecule has 0 spiro atoms. The summed E-state index contributed by atoms with van der Waals surface area (Å²) in [6.45, 7) is 8.07. The Kier molecular flexibility index (Phi) is 4.61. The molecule has 4 nitrogen and oxygen atoms in total. The molecule has 0 bridgehead atoms. The fourth-order valence-electron chi connectivity index (χ4n) is 0.648. The zero-order valence-corrected chi connectivity index (χ0v) is 7.68. The highest BCUT2D eigenvalue weighted by Gasteiger charge is 1.98. The molecule has 0 aromatic heterocycles. The van der Waals surface area contributed by atoms with Crippen molar-refractivity contribution in [3.05, 3.63) is 0 Å². The molecule has 4 N–H and O–H groups in total. The van der Waals surface area contributed by atoms with Gasteiger partial charge in [0.25, 0.3) is 0 Å². The van der Waals surface area contributed by atoms with E-state index in [1.165, 1.54) is 0 Å². The minimum Gasteiger partial charge on any atom is -0.353 e. The molecule has 0 aliphatic carbocycles. The van der Waals surface area contributed by atoms with Crippen LogP contribution in [-0.2, 0) is 0 Å². The highest BCUT2D eigenvalue weighted by molar-refractivity contribution is 5.79. The van der Waals surface area contributed by atoms with E-state index in [1.54, 1.807) is 0 Å². The SMILES string of the molecule is CC(C)N=C(NN)NC(C)C. The molecule has 0 radical (unpaired) electrons. The Hall–Kier alpha value is -0.770. The number of hydrogen-bond acceptors (Lipinski definition) is 2. The maximum atomic E-state index is 5.23. The lowest BCUT2D eigenvalue weighted by Crippen LogP contribution is -2.45. The molecule has 0 heterocycles. The molecule has 4 heteroatoms. The van der Waals surface area contributed by atoms with Crippen LogP contribution in [0.5, 0.6) is 0 Å². The van der Waals surface area contributed by atoms with Crippen molar-refractivity contribution in [2.24, 2.45) is 10.8 Å². The maximum Gasteiger partial charge on any atom is 0.206 e. The van der Waals surface area contributed by atoms with Crippen molar-refractivity contribution in [2.45, 2.75) is 39.8 Å². The molecule has 0 fully saturated rings. The molecule has 0 unspecified atom stereocenters. The van der Waals surface area contributed by atoms with Crippen LogP contribution in [0.15, 0.2) is 4.99 Å². The summed E-state index contributed by atoms with van der Waals surface area (Å²) in [4.78, 5) is 4.20. The van der Waals surface area contributed by atoms with Gasteiger partial charge in [-0.15, -0.1) is 0 Å². The van der Waals surface area contributed by atoms with Crippen LogP contribution in [0.1, 0.15) is 27.7 Å². The summed E-state index contributed by atoms with van der Waals surface area (Å²) in [6, 6.07) is 0.607. The van der Waals surface area contributed by atoms with Gasteiger partial charge >= 0.3 is 0 Å². The van der Waals surface area contributed by atoms with Crippen molar-refractivity contribution >= 4 is 5.96 Å². The van der Waals surface area contributed by atoms with Crippen molar-refractivity contribution in [1.82, 2.24) is 10.7 Å². The summed E-state index contributed by atoms with van der Waals surface area (Å²) < 4.78 is 0. The Balaban J connectivity index is 3.94. The van der Waals surface area contributed by atoms with Gasteiger partial charge in [0.05, 0.1) is 0 Å². The summed E-state index contributed by atoms with van der Waals surface area (Å²) >= 11 is 0. The molecule has 0 aromatic rings. The Morgan fingerprint density at radius 2 is 1.82 bits per heavy atom. The Morgan fingerprint density at radius 3 is 2.09 bits per heavy atom. The maximum absolute atomic E-state index is 5.23. The molecule has 0 aliphatic heterocycles. The normalized spacial score (nSPS) is 12.5. The fraction of sp³-hybridized carbons (Fsp3) is 0.857. The first-order valence-corrected chi connectivity index (χ1v) is 3.87. The molecule has 0 saturated carbocycles. The van der Waals surface area contributed by atoms with Crippen LogP contribution >= 0.6 is 0 Å². The quantitative estimate of drug-likeness (QED) is 0.233. The van der Waals surface area contributed by atoms with E-state index < -0.39 is 0 Å². The lowest BCUT2D eigenvalue weighted by molar-refractivity contribution is 0.691. The van der Waals surface area contributed by atoms with Crippen molar-refractivity contribution in [2.75, 3.05) is 0 Å². The third-order valence-electron chi connectivity index (χ3n) is 0.949. The summed E-state index contributed by atoms with van der Waals surface area (Å²) in [6.07, 6.45) is 0. The first-order valence-electron chi connectivity index (χ1n) is 3.87. The molecular weight excluding hydrogens is 140 g/mol. The molecule has 0 atom stereocenters. The van der Waals surface area contributed by atoms with E-state index in [0.29, 0.717) is 12.0 Å². The monoisotopic (exact) mass is 158 g/mol. The van der Waals surface area contributed by atoms with E-state index in [2.05, 4.69) is 15.7 Å². The van der Waals surface area contributed by atoms with Crippen molar-refractivity contribution < 1.29 is 0 Å². The van der Waals surface area contributed by atoms with Gasteiger partial charge in [0, 0.05) is 12.1 Å². The number of aliphatic imine (C=N–C) groups is 1. The van der Waals surface area contributed by atoms with Gasteiger partial charge < -0.3 is 5.32 Å². The number of nitrogens with zero attached hydrogens (tertiary/aromatic N) is 1. The predicted octanol–water partition coefficient (Wildman–Crippen LogP) is 0.212. The van der Waals surface area contributed by atoms with E-state index in [1.807, 2.05) is 27.7 Å². The van der Waals surface area contributed by atoms with Gasteiger partial charge in [-0.2, -0.15) is 0 Å². The van der Waals surface area contributed by atoms with Gasteiger partial charge in [0.15, 0.2) is 0 Å². The smallest absolute Gasteiger partial charge is 0.206 e. The number of guanidine groups is 1. The second-order valence-corrected chi connectivity index (χ2v) is 3.01. The molecule has 0 aromatic carbocycles. The van der Waals surface area contributed by atoms with Gasteiger partial charge in [-0.25, -0.2) is 10.8 Å². The van der Waals surface area contributed by atoms with Gasteiger partial charge in [0.1, 0.15) is 0 Å². The average molecular weight is 158 g/mol. The predicted molar refractivity (Wildman–Crippen MR) is 48.2 cm³/mol. The van der Waals surface area contributed by atoms with Crippen LogP contribution in [0, 0.1) is 0 Å². The number of hydrogen-bond donors (Lipinski definition) is 3. The van der Waals surface area contributed by atoms with Crippen LogP contribution in [0.2, 0.25) is 0 Å². The van der Waals surface area contributed by atoms with Crippen LogP contribution in [0.3, 0.4) is 0 Å². The first-order chi connectivity index (χ1) is 5.06. The lowest BCUT2D eigenvalue weighted by Gasteiger charge is -2.12. The first kappa shape index (κ1) is 10.2. The molecule has 0 amide bonds. The van der Waals surface area contributed by atoms with Crippen molar-refractivity contribution in [1.29, 1.82) is 0 Å². The molecule has 0 aliphatic rings. The number of nitrogens with two attached hydrogens (primary N) is 1. The fourth-order valence-corrected chi connectivity index (χ4v) is 0.648. The highest BCUT2D eigenvalue weighted by Crippen LogP contribution is 1.85. The summed E-state index contributed by atoms with van der Waals surface area (Å²) in [5.74, 6) is 5.87. The van der Waals surface area contributed by atoms with E-state index in [-0.39, 0.29) is 6.04 Å². The summed E-state index contributed by atoms with van der Waals surface area (Å²) in [7, 11) is 0. The molecule has 0 saturated heterocycles. The third-order valence-corrected chi connectivity index (χ3v) is 0.949. The molecule has 11 heavy (non-hydrogen) atoms. The van der Waals surface area contributed by atoms with E-state index in [4.69, 9.17) is 5.84 Å². The van der Waals surface area contributed by atoms with Gasteiger partial charge in [-0.3, -0.25) is 5.43 Å². The molecule has 0 rings (SSSR count). The highest BCUT2D eigenvalue weighted by atomic mass is 15.3. The largest absolute Gasteiger partial charge is 0.353 e. The summed E-state index contributed by atoms with van der Waals surface area (Å²) in [5, 5.41) is 3.07. The van der Waals surface area contributed by atoms with Gasteiger partial charge in [-0.05, 0) is 27.7 Å². The third kappa shape index (κ3) is 5.66. The average Bonchev–Trinajstić information content (AvgIpc) is 1.84. The second kappa shape index (κ2) is 4.96. The Morgan fingerprint density at radius 1 is 1.27 bits per heavy atom. The van der Waals surface area contributed by atoms with Crippen molar-refractivity contribution in [3.8, 4) is 0 Å². The van der Waals surface area contributed by atoms with E-state index >= 15 is 0 Å². The van der Waals surface area contributed by atoms with E-state index in [0.717, 1.165) is 0 Å². The summed E-state index contributed by atoms with van der Waals surface area (Å²) in [5.41, 5.74) is 2.50. The topological polar surface area (TPSA) is 62.4 Å². The minimum absolute atomic E-state index is 0.257. The Bertz CT molecular complexity index is 128. The van der Waals surface area contributed by atoms with E-state index in [9.17, 15) is 0 Å². The number of rotatable bonds is 2. The molecule has 66 valence electrons. The zero-order chi connectivity index (χ0) is 8.85. The minimum atomic E-state index is 0.257. The second-order valence-electron chi connectivity index (χ2n) is 3.01. The number of nitrogens with one attached hydrogen (secondary N) is 2. The lowest BCUT2D eigenvalue weighted by atomic mass is 10.4. The molecular formula is C7H18N4. The van der Waals surface area contributed by atoms with Crippen LogP contribution < -0.4 is 16.6 Å². The zero-order valence-electron chi connectivity index (χ0n) is 7.68. The van der Waals surface area contributed by atoms with Crippen LogP contribution in [-0.4, -0.2) is 18.0 Å². The van der Waals surface area contributed by atoms with Gasteiger partial charge in [-0.1, -0.05) is 0 Å². The van der Waals surface area contributed by atoms with Crippen LogP contribution in [0.4, 0.5) is 0 Å². The van der Waals surface area contributed by atoms with Crippen molar-refractivity contribution in [3.63, 3.8) is 0 Å². The van der Waals surface area contributed by atoms with Gasteiger partial charge in [0.2, 0.25) is 5.96 Å². The Labute approximate surface area is 68.2 Å². The number of hydrazine groups is 1. The van der Waals surface area contributed by atoms with Crippen LogP contribution in [0.25, 0.3) is 0 Å².